The van der Waals surface area contributed by atoms with Gasteiger partial charge in [0.2, 0.25) is 5.91 Å². The summed E-state index contributed by atoms with van der Waals surface area (Å²) in [7, 11) is 3.36. The fourth-order valence-electron chi connectivity index (χ4n) is 2.81. The Balaban J connectivity index is 2.07. The second-order valence-electron chi connectivity index (χ2n) is 6.22. The van der Waals surface area contributed by atoms with Gasteiger partial charge in [-0.1, -0.05) is 36.4 Å². The van der Waals surface area contributed by atoms with Crippen molar-refractivity contribution in [3.63, 3.8) is 0 Å². The van der Waals surface area contributed by atoms with Crippen LogP contribution in [0.25, 0.3) is 0 Å². The molecule has 0 radical (unpaired) electrons. The second kappa shape index (κ2) is 8.89. The van der Waals surface area contributed by atoms with Crippen molar-refractivity contribution in [2.24, 2.45) is 5.73 Å². The number of methoxy groups -OCH3 is 1. The number of ether oxygens (including phenoxy) is 1. The largest absolute Gasteiger partial charge is 0.497 e. The van der Waals surface area contributed by atoms with E-state index in [9.17, 15) is 9.59 Å². The molecule has 0 bridgehead atoms. The summed E-state index contributed by atoms with van der Waals surface area (Å²) < 4.78 is 5.14. The third-order valence-corrected chi connectivity index (χ3v) is 4.26. The molecule has 3 N–H and O–H groups in total. The minimum absolute atomic E-state index is 0.0807. The first-order valence-corrected chi connectivity index (χ1v) is 8.39. The monoisotopic (exact) mass is 355 g/mol. The fourth-order valence-corrected chi connectivity index (χ4v) is 2.81. The smallest absolute Gasteiger partial charge is 0.312 e. The van der Waals surface area contributed by atoms with Gasteiger partial charge in [0.1, 0.15) is 5.75 Å². The lowest BCUT2D eigenvalue weighted by Gasteiger charge is -2.23. The Morgan fingerprint density at radius 2 is 1.81 bits per heavy atom. The zero-order chi connectivity index (χ0) is 19.1. The van der Waals surface area contributed by atoms with Crippen molar-refractivity contribution < 1.29 is 14.3 Å². The SMILES string of the molecule is COc1ccc(CN(C)C(=O)CC(NC(N)=O)c2ccccc2C)cc1. The van der Waals surface area contributed by atoms with Gasteiger partial charge < -0.3 is 20.7 Å². The quantitative estimate of drug-likeness (QED) is 0.801. The highest BCUT2D eigenvalue weighted by molar-refractivity contribution is 5.79. The van der Waals surface area contributed by atoms with Crippen LogP contribution in [0.1, 0.15) is 29.2 Å². The van der Waals surface area contributed by atoms with Crippen molar-refractivity contribution in [1.82, 2.24) is 10.2 Å². The molecular formula is C20H25N3O3. The molecule has 2 aromatic carbocycles. The van der Waals surface area contributed by atoms with E-state index in [1.165, 1.54) is 0 Å². The van der Waals surface area contributed by atoms with Gasteiger partial charge in [0.25, 0.3) is 0 Å². The van der Waals surface area contributed by atoms with Gasteiger partial charge in [-0.15, -0.1) is 0 Å². The van der Waals surface area contributed by atoms with Gasteiger partial charge >= 0.3 is 6.03 Å². The van der Waals surface area contributed by atoms with Gasteiger partial charge in [-0.2, -0.15) is 0 Å². The third-order valence-electron chi connectivity index (χ3n) is 4.26. The van der Waals surface area contributed by atoms with Crippen molar-refractivity contribution in [3.8, 4) is 5.75 Å². The van der Waals surface area contributed by atoms with E-state index >= 15 is 0 Å². The minimum Gasteiger partial charge on any atom is -0.497 e. The van der Waals surface area contributed by atoms with Gasteiger partial charge in [-0.05, 0) is 35.7 Å². The summed E-state index contributed by atoms with van der Waals surface area (Å²) in [6.45, 7) is 2.41. The molecular weight excluding hydrogens is 330 g/mol. The Hall–Kier alpha value is -3.02. The number of nitrogens with zero attached hydrogens (tertiary/aromatic N) is 1. The molecule has 26 heavy (non-hydrogen) atoms. The van der Waals surface area contributed by atoms with Crippen LogP contribution in [-0.4, -0.2) is 31.0 Å². The van der Waals surface area contributed by atoms with Crippen LogP contribution in [0, 0.1) is 6.92 Å². The number of aryl methyl sites for hydroxylation is 1. The summed E-state index contributed by atoms with van der Waals surface area (Å²) in [6, 6.07) is 14.1. The molecule has 1 atom stereocenters. The van der Waals surface area contributed by atoms with Crippen LogP contribution in [0.5, 0.6) is 5.75 Å². The van der Waals surface area contributed by atoms with Crippen LogP contribution in [0.4, 0.5) is 4.79 Å². The third kappa shape index (κ3) is 5.24. The lowest BCUT2D eigenvalue weighted by Crippen LogP contribution is -2.37. The number of amides is 3. The fraction of sp³-hybridized carbons (Fsp3) is 0.300. The number of nitrogens with one attached hydrogen (secondary N) is 1. The van der Waals surface area contributed by atoms with Gasteiger partial charge in [-0.25, -0.2) is 4.79 Å². The second-order valence-corrected chi connectivity index (χ2v) is 6.22. The Morgan fingerprint density at radius 1 is 1.15 bits per heavy atom. The summed E-state index contributed by atoms with van der Waals surface area (Å²) in [5, 5.41) is 2.68. The van der Waals surface area contributed by atoms with Crippen LogP contribution < -0.4 is 15.8 Å². The maximum absolute atomic E-state index is 12.7. The zero-order valence-corrected chi connectivity index (χ0v) is 15.4. The molecule has 0 saturated heterocycles. The van der Waals surface area contributed by atoms with Gasteiger partial charge in [0.05, 0.1) is 19.6 Å². The standard InChI is InChI=1S/C20H25N3O3/c1-14-6-4-5-7-17(14)18(22-20(21)25)12-19(24)23(2)13-15-8-10-16(26-3)11-9-15/h4-11,18H,12-13H2,1-3H3,(H3,21,22,25). The molecule has 138 valence electrons. The maximum atomic E-state index is 12.7. The van der Waals surface area contributed by atoms with Crippen LogP contribution >= 0.6 is 0 Å². The Labute approximate surface area is 153 Å². The van der Waals surface area contributed by atoms with E-state index in [1.54, 1.807) is 19.1 Å². The van der Waals surface area contributed by atoms with Crippen LogP contribution in [0.3, 0.4) is 0 Å². The molecule has 0 saturated carbocycles. The zero-order valence-electron chi connectivity index (χ0n) is 15.4. The van der Waals surface area contributed by atoms with Crippen LogP contribution in [0.15, 0.2) is 48.5 Å². The molecule has 6 nitrogen and oxygen atoms in total. The number of nitrogens with two attached hydrogens (primary N) is 1. The number of carbonyl (C=O) groups excluding carboxylic acids is 2. The van der Waals surface area contributed by atoms with E-state index in [2.05, 4.69) is 5.32 Å². The molecule has 6 heteroatoms. The average Bonchev–Trinajstić information content (AvgIpc) is 2.61. The number of benzene rings is 2. The summed E-state index contributed by atoms with van der Waals surface area (Å²) in [5.74, 6) is 0.691. The van der Waals surface area contributed by atoms with E-state index in [0.717, 1.165) is 22.4 Å². The number of primary amides is 1. The highest BCUT2D eigenvalue weighted by Gasteiger charge is 2.21. The first-order valence-electron chi connectivity index (χ1n) is 8.39. The predicted molar refractivity (Wildman–Crippen MR) is 101 cm³/mol. The molecule has 0 spiro atoms. The summed E-state index contributed by atoms with van der Waals surface area (Å²) in [5.41, 5.74) is 8.18. The predicted octanol–water partition coefficient (Wildman–Crippen LogP) is 2.76. The molecule has 2 aromatic rings. The van der Waals surface area contributed by atoms with Crippen molar-refractivity contribution in [3.05, 3.63) is 65.2 Å². The molecule has 0 heterocycles. The number of urea groups is 1. The summed E-state index contributed by atoms with van der Waals surface area (Å²) in [6.07, 6.45) is 0.139. The molecule has 0 fully saturated rings. The van der Waals surface area contributed by atoms with Gasteiger partial charge in [0.15, 0.2) is 0 Å². The average molecular weight is 355 g/mol. The number of rotatable bonds is 7. The van der Waals surface area contributed by atoms with E-state index in [1.807, 2.05) is 55.5 Å². The first-order chi connectivity index (χ1) is 12.4. The highest BCUT2D eigenvalue weighted by Crippen LogP contribution is 2.22. The molecule has 2 rings (SSSR count). The molecule has 0 aliphatic heterocycles. The van der Waals surface area contributed by atoms with E-state index in [4.69, 9.17) is 10.5 Å². The lowest BCUT2D eigenvalue weighted by atomic mass is 9.98. The Morgan fingerprint density at radius 3 is 2.38 bits per heavy atom. The Kier molecular flexibility index (Phi) is 6.60. The van der Waals surface area contributed by atoms with Gasteiger partial charge in [0, 0.05) is 13.6 Å². The highest BCUT2D eigenvalue weighted by atomic mass is 16.5. The van der Waals surface area contributed by atoms with E-state index < -0.39 is 12.1 Å². The maximum Gasteiger partial charge on any atom is 0.312 e. The summed E-state index contributed by atoms with van der Waals surface area (Å²) in [4.78, 5) is 25.7. The van der Waals surface area contributed by atoms with E-state index in [0.29, 0.717) is 6.54 Å². The number of carbonyl (C=O) groups is 2. The van der Waals surface area contributed by atoms with Crippen molar-refractivity contribution >= 4 is 11.9 Å². The lowest BCUT2D eigenvalue weighted by molar-refractivity contribution is -0.130. The summed E-state index contributed by atoms with van der Waals surface area (Å²) >= 11 is 0. The van der Waals surface area contributed by atoms with Crippen molar-refractivity contribution in [2.45, 2.75) is 25.9 Å². The van der Waals surface area contributed by atoms with E-state index in [-0.39, 0.29) is 12.3 Å². The molecule has 0 aliphatic carbocycles. The number of hydrogen-bond donors (Lipinski definition) is 2. The minimum atomic E-state index is -0.649. The molecule has 1 unspecified atom stereocenters. The number of hydrogen-bond acceptors (Lipinski definition) is 3. The first kappa shape index (κ1) is 19.3. The van der Waals surface area contributed by atoms with Crippen molar-refractivity contribution in [2.75, 3.05) is 14.2 Å². The van der Waals surface area contributed by atoms with Gasteiger partial charge in [-0.3, -0.25) is 4.79 Å². The van der Waals surface area contributed by atoms with Crippen LogP contribution in [0.2, 0.25) is 0 Å². The molecule has 3 amide bonds. The topological polar surface area (TPSA) is 84.7 Å². The normalized spacial score (nSPS) is 11.5. The van der Waals surface area contributed by atoms with Crippen molar-refractivity contribution in [1.29, 1.82) is 0 Å². The molecule has 0 aromatic heterocycles. The molecule has 0 aliphatic rings. The van der Waals surface area contributed by atoms with Crippen LogP contribution in [-0.2, 0) is 11.3 Å². The Bertz CT molecular complexity index is 759.